The van der Waals surface area contributed by atoms with E-state index in [4.69, 9.17) is 20.4 Å². The van der Waals surface area contributed by atoms with E-state index in [9.17, 15) is 23.2 Å². The number of ether oxygens (including phenoxy) is 1. The number of carbonyl (C=O) groups is 1. The summed E-state index contributed by atoms with van der Waals surface area (Å²) in [7, 11) is 0. The van der Waals surface area contributed by atoms with Crippen molar-refractivity contribution in [2.75, 3.05) is 6.54 Å². The normalized spacial score (nSPS) is 11.0. The number of hydrogen-bond acceptors (Lipinski definition) is 5. The van der Waals surface area contributed by atoms with Crippen LogP contribution in [0.15, 0.2) is 89.9 Å². The Kier molecular flexibility index (Phi) is 9.14. The number of nitrogens with zero attached hydrogens (tertiary/aromatic N) is 3. The second-order valence-electron chi connectivity index (χ2n) is 9.06. The molecule has 0 saturated carbocycles. The van der Waals surface area contributed by atoms with E-state index >= 15 is 0 Å². The molecule has 0 bridgehead atoms. The number of carboxylic acid groups (broad SMARTS) is 1. The first kappa shape index (κ1) is 29.7. The second-order valence-corrected chi connectivity index (χ2v) is 9.06. The number of halogens is 3. The molecular weight excluding hydrogens is 551 g/mol. The van der Waals surface area contributed by atoms with Gasteiger partial charge in [0.05, 0.1) is 11.4 Å². The largest absolute Gasteiger partial charge is 0.490 e. The number of aliphatic carboxylic acids is 1. The molecule has 2 heterocycles. The van der Waals surface area contributed by atoms with Gasteiger partial charge >= 0.3 is 17.8 Å². The van der Waals surface area contributed by atoms with Gasteiger partial charge in [0.1, 0.15) is 23.3 Å². The number of nitrogens with one attached hydrogen (secondary N) is 1. The van der Waals surface area contributed by atoms with Gasteiger partial charge in [-0.3, -0.25) is 9.55 Å². The average Bonchev–Trinajstić information content (AvgIpc) is 3.51. The number of alkyl halides is 3. The van der Waals surface area contributed by atoms with E-state index in [1.165, 1.54) is 0 Å². The molecule has 0 aliphatic carbocycles. The fourth-order valence-electron chi connectivity index (χ4n) is 4.35. The number of aromatic nitrogens is 3. The molecule has 0 unspecified atom stereocenters. The van der Waals surface area contributed by atoms with Crippen LogP contribution in [0.5, 0.6) is 11.5 Å². The van der Waals surface area contributed by atoms with Crippen molar-refractivity contribution >= 4 is 16.9 Å². The summed E-state index contributed by atoms with van der Waals surface area (Å²) in [6.07, 6.45) is -1.19. The van der Waals surface area contributed by atoms with Crippen LogP contribution in [-0.4, -0.2) is 37.9 Å². The summed E-state index contributed by atoms with van der Waals surface area (Å²) in [5, 5.41) is 18.0. The molecule has 0 aliphatic rings. The predicted octanol–water partition coefficient (Wildman–Crippen LogP) is 5.82. The first-order chi connectivity index (χ1) is 20.1. The number of aromatic amines is 1. The first-order valence-corrected chi connectivity index (χ1v) is 12.8. The molecule has 216 valence electrons. The molecule has 0 spiro atoms. The van der Waals surface area contributed by atoms with Crippen molar-refractivity contribution in [1.82, 2.24) is 14.1 Å². The number of unbranched alkanes of at least 4 members (excludes halogenated alkanes) is 1. The number of hydrogen-bond donors (Lipinski definition) is 3. The summed E-state index contributed by atoms with van der Waals surface area (Å²) in [6.45, 7) is 1.45. The van der Waals surface area contributed by atoms with Crippen LogP contribution in [0.1, 0.15) is 18.5 Å². The number of fused-ring (bicyclic) bond motifs is 1. The molecule has 5 aromatic rings. The van der Waals surface area contributed by atoms with Crippen molar-refractivity contribution in [3.05, 3.63) is 101 Å². The predicted molar refractivity (Wildman–Crippen MR) is 151 cm³/mol. The van der Waals surface area contributed by atoms with Gasteiger partial charge in [0.25, 0.3) is 0 Å². The minimum absolute atomic E-state index is 0.226. The SMILES string of the molecule is N#Cc1[nH]c(=O)n(-c2ccc(Oc3ccccc3)cc2)c1-c1cn(CCCCN)c2ccccc12.O=C(O)C(F)(F)F. The van der Waals surface area contributed by atoms with Crippen molar-refractivity contribution in [2.24, 2.45) is 5.73 Å². The molecule has 12 heteroatoms. The lowest BCUT2D eigenvalue weighted by atomic mass is 10.1. The summed E-state index contributed by atoms with van der Waals surface area (Å²) in [5.41, 5.74) is 8.61. The lowest BCUT2D eigenvalue weighted by Gasteiger charge is -2.10. The van der Waals surface area contributed by atoms with E-state index in [-0.39, 0.29) is 11.4 Å². The molecule has 0 saturated heterocycles. The van der Waals surface area contributed by atoms with E-state index in [0.29, 0.717) is 23.7 Å². The van der Waals surface area contributed by atoms with Crippen LogP contribution in [0, 0.1) is 11.3 Å². The van der Waals surface area contributed by atoms with Gasteiger partial charge < -0.3 is 20.1 Å². The molecule has 2 aromatic heterocycles. The quantitative estimate of drug-likeness (QED) is 0.199. The Bertz CT molecular complexity index is 1770. The number of imidazole rings is 1. The van der Waals surface area contributed by atoms with Crippen LogP contribution in [0.2, 0.25) is 0 Å². The fourth-order valence-corrected chi connectivity index (χ4v) is 4.35. The number of benzene rings is 3. The molecule has 0 amide bonds. The van der Waals surface area contributed by atoms with Crippen LogP contribution in [0.3, 0.4) is 0 Å². The molecule has 9 nitrogen and oxygen atoms in total. The highest BCUT2D eigenvalue weighted by Gasteiger charge is 2.38. The van der Waals surface area contributed by atoms with Gasteiger partial charge in [-0.1, -0.05) is 36.4 Å². The van der Waals surface area contributed by atoms with Crippen LogP contribution >= 0.6 is 0 Å². The maximum atomic E-state index is 13.0. The lowest BCUT2D eigenvalue weighted by Crippen LogP contribution is -2.21. The summed E-state index contributed by atoms with van der Waals surface area (Å²) in [5.74, 6) is -1.37. The number of rotatable bonds is 8. The van der Waals surface area contributed by atoms with Crippen LogP contribution < -0.4 is 16.2 Å². The van der Waals surface area contributed by atoms with E-state index in [1.54, 1.807) is 4.57 Å². The highest BCUT2D eigenvalue weighted by Crippen LogP contribution is 2.34. The zero-order chi connectivity index (χ0) is 30.3. The Morgan fingerprint density at radius 3 is 2.21 bits per heavy atom. The number of H-pyrrole nitrogens is 1. The first-order valence-electron chi connectivity index (χ1n) is 12.8. The Morgan fingerprint density at radius 1 is 0.976 bits per heavy atom. The third-order valence-corrected chi connectivity index (χ3v) is 6.22. The fraction of sp³-hybridized carbons (Fsp3) is 0.167. The molecule has 42 heavy (non-hydrogen) atoms. The van der Waals surface area contributed by atoms with Gasteiger partial charge in [0, 0.05) is 29.2 Å². The molecule has 5 rings (SSSR count). The van der Waals surface area contributed by atoms with Gasteiger partial charge in [0.2, 0.25) is 0 Å². The monoisotopic (exact) mass is 577 g/mol. The third kappa shape index (κ3) is 6.71. The van der Waals surface area contributed by atoms with Gasteiger partial charge in [-0.25, -0.2) is 9.59 Å². The van der Waals surface area contributed by atoms with E-state index in [2.05, 4.69) is 21.7 Å². The van der Waals surface area contributed by atoms with Crippen LogP contribution in [-0.2, 0) is 11.3 Å². The number of aryl methyl sites for hydroxylation is 1. The Hall–Kier alpha value is -5.28. The number of nitriles is 1. The summed E-state index contributed by atoms with van der Waals surface area (Å²) < 4.78 is 41.3. The zero-order valence-electron chi connectivity index (χ0n) is 22.1. The number of para-hydroxylation sites is 2. The molecular formula is C30H26F3N5O4. The van der Waals surface area contributed by atoms with E-state index < -0.39 is 12.1 Å². The van der Waals surface area contributed by atoms with Gasteiger partial charge in [-0.2, -0.15) is 18.4 Å². The summed E-state index contributed by atoms with van der Waals surface area (Å²) in [6, 6.07) is 27.0. The van der Waals surface area contributed by atoms with Crippen molar-refractivity contribution in [2.45, 2.75) is 25.6 Å². The smallest absolute Gasteiger partial charge is 0.475 e. The van der Waals surface area contributed by atoms with Crippen molar-refractivity contribution < 1.29 is 27.8 Å². The molecule has 0 radical (unpaired) electrons. The van der Waals surface area contributed by atoms with E-state index in [1.807, 2.05) is 79.0 Å². The number of carboxylic acids is 1. The average molecular weight is 578 g/mol. The van der Waals surface area contributed by atoms with Gasteiger partial charge in [0.15, 0.2) is 0 Å². The van der Waals surface area contributed by atoms with Crippen LogP contribution in [0.4, 0.5) is 13.2 Å². The molecule has 0 atom stereocenters. The van der Waals surface area contributed by atoms with Crippen LogP contribution in [0.25, 0.3) is 27.8 Å². The summed E-state index contributed by atoms with van der Waals surface area (Å²) >= 11 is 0. The Morgan fingerprint density at radius 2 is 1.60 bits per heavy atom. The minimum atomic E-state index is -5.08. The Labute approximate surface area is 237 Å². The summed E-state index contributed by atoms with van der Waals surface area (Å²) in [4.78, 5) is 24.7. The topological polar surface area (TPSA) is 139 Å². The highest BCUT2D eigenvalue weighted by molar-refractivity contribution is 5.96. The standard InChI is InChI=1S/C28H25N5O2.C2HF3O2/c29-16-6-7-17-32-19-24(23-10-4-5-11-26(23)32)27-25(18-30)31-28(34)33(27)20-12-14-22(15-13-20)35-21-8-2-1-3-9-21;3-2(4,5)1(6)7/h1-5,8-15,19H,6-7,16-17,29H2,(H,31,34);(H,6,7). The molecule has 4 N–H and O–H groups in total. The number of nitrogens with two attached hydrogens (primary N) is 1. The second kappa shape index (κ2) is 12.9. The van der Waals surface area contributed by atoms with Gasteiger partial charge in [-0.15, -0.1) is 0 Å². The van der Waals surface area contributed by atoms with Gasteiger partial charge in [-0.05, 0) is 61.9 Å². The van der Waals surface area contributed by atoms with Crippen molar-refractivity contribution in [1.29, 1.82) is 5.26 Å². The molecule has 3 aromatic carbocycles. The molecule has 0 aliphatic heterocycles. The molecule has 0 fully saturated rings. The maximum Gasteiger partial charge on any atom is 0.490 e. The van der Waals surface area contributed by atoms with Crippen molar-refractivity contribution in [3.63, 3.8) is 0 Å². The third-order valence-electron chi connectivity index (χ3n) is 6.22. The van der Waals surface area contributed by atoms with Crippen molar-refractivity contribution in [3.8, 4) is 34.5 Å². The highest BCUT2D eigenvalue weighted by atomic mass is 19.4. The Balaban J connectivity index is 0.000000517. The van der Waals surface area contributed by atoms with E-state index in [0.717, 1.165) is 41.6 Å². The zero-order valence-corrected chi connectivity index (χ0v) is 22.1. The lowest BCUT2D eigenvalue weighted by molar-refractivity contribution is -0.192. The minimum Gasteiger partial charge on any atom is -0.475 e. The maximum absolute atomic E-state index is 13.0.